The third-order valence-corrected chi connectivity index (χ3v) is 7.09. The van der Waals surface area contributed by atoms with Crippen molar-refractivity contribution >= 4 is 33.2 Å². The summed E-state index contributed by atoms with van der Waals surface area (Å²) in [6, 6.07) is 20.5. The molecular weight excluding hydrogens is 472 g/mol. The van der Waals surface area contributed by atoms with Crippen LogP contribution in [0.25, 0.3) is 0 Å². The van der Waals surface area contributed by atoms with Gasteiger partial charge in [-0.3, -0.25) is 9.10 Å². The number of hydrogen-bond donors (Lipinski definition) is 1. The smallest absolute Gasteiger partial charge is 0.264 e. The zero-order chi connectivity index (χ0) is 24.7. The Morgan fingerprint density at radius 1 is 0.971 bits per heavy atom. The maximum atomic E-state index is 13.6. The molecular formula is C26H29ClN2O4S. The summed E-state index contributed by atoms with van der Waals surface area (Å²) in [5.41, 5.74) is 2.25. The van der Waals surface area contributed by atoms with Gasteiger partial charge in [0.25, 0.3) is 15.9 Å². The predicted molar refractivity (Wildman–Crippen MR) is 136 cm³/mol. The molecule has 0 aliphatic rings. The number of nitrogens with one attached hydrogen (secondary N) is 1. The van der Waals surface area contributed by atoms with Crippen molar-refractivity contribution in [1.82, 2.24) is 5.32 Å². The molecule has 0 spiro atoms. The van der Waals surface area contributed by atoms with Gasteiger partial charge < -0.3 is 10.1 Å². The van der Waals surface area contributed by atoms with Crippen LogP contribution in [0.2, 0.25) is 5.02 Å². The lowest BCUT2D eigenvalue weighted by atomic mass is 10.2. The molecule has 6 nitrogen and oxygen atoms in total. The normalized spacial score (nSPS) is 11.3. The summed E-state index contributed by atoms with van der Waals surface area (Å²) >= 11 is 6.00. The molecule has 0 saturated carbocycles. The number of carbonyl (C=O) groups excluding carboxylic acids is 1. The Labute approximate surface area is 206 Å². The van der Waals surface area contributed by atoms with Crippen LogP contribution in [0, 0.1) is 12.8 Å². The predicted octanol–water partition coefficient (Wildman–Crippen LogP) is 5.19. The molecule has 3 rings (SSSR count). The number of sulfonamides is 1. The number of amides is 1. The summed E-state index contributed by atoms with van der Waals surface area (Å²) in [7, 11) is -3.84. The van der Waals surface area contributed by atoms with E-state index in [-0.39, 0.29) is 24.0 Å². The Hall–Kier alpha value is -3.03. The topological polar surface area (TPSA) is 75.7 Å². The van der Waals surface area contributed by atoms with Crippen molar-refractivity contribution in [3.63, 3.8) is 0 Å². The minimum absolute atomic E-state index is 0.109. The van der Waals surface area contributed by atoms with Crippen molar-refractivity contribution in [3.05, 3.63) is 88.9 Å². The Balaban J connectivity index is 1.83. The van der Waals surface area contributed by atoms with E-state index >= 15 is 0 Å². The number of rotatable bonds is 10. The highest BCUT2D eigenvalue weighted by Gasteiger charge is 2.25. The van der Waals surface area contributed by atoms with Gasteiger partial charge in [-0.25, -0.2) is 8.42 Å². The van der Waals surface area contributed by atoms with Crippen molar-refractivity contribution in [1.29, 1.82) is 0 Å². The quantitative estimate of drug-likeness (QED) is 0.415. The fourth-order valence-electron chi connectivity index (χ4n) is 3.13. The first kappa shape index (κ1) is 25.6. The van der Waals surface area contributed by atoms with Gasteiger partial charge >= 0.3 is 0 Å². The van der Waals surface area contributed by atoms with Gasteiger partial charge in [0.05, 0.1) is 17.1 Å². The first-order valence-electron chi connectivity index (χ1n) is 11.0. The molecule has 1 amide bonds. The largest absolute Gasteiger partial charge is 0.484 e. The summed E-state index contributed by atoms with van der Waals surface area (Å²) in [4.78, 5) is 12.1. The molecule has 3 aromatic carbocycles. The first-order valence-corrected chi connectivity index (χ1v) is 12.8. The number of hydrogen-bond acceptors (Lipinski definition) is 4. The highest BCUT2D eigenvalue weighted by atomic mass is 35.5. The van der Waals surface area contributed by atoms with Crippen molar-refractivity contribution in [2.75, 3.05) is 17.5 Å². The molecule has 0 radical (unpaired) electrons. The second-order valence-electron chi connectivity index (χ2n) is 8.43. The van der Waals surface area contributed by atoms with Crippen LogP contribution in [-0.2, 0) is 21.4 Å². The van der Waals surface area contributed by atoms with Crippen LogP contribution in [0.5, 0.6) is 5.75 Å². The highest BCUT2D eigenvalue weighted by Crippen LogP contribution is 2.28. The Kier molecular flexibility index (Phi) is 8.58. The standard InChI is InChI=1S/C26H29ClN2O4S/c1-19(2)16-28-26(30)18-33-24-12-10-23(11-13-24)29(17-21-6-8-22(27)9-7-21)34(31,32)25-14-4-20(3)5-15-25/h4-15,19H,16-18H2,1-3H3,(H,28,30). The number of halogens is 1. The summed E-state index contributed by atoms with van der Waals surface area (Å²) in [6.45, 7) is 6.54. The van der Waals surface area contributed by atoms with Crippen molar-refractivity contribution in [2.45, 2.75) is 32.2 Å². The first-order chi connectivity index (χ1) is 16.1. The van der Waals surface area contributed by atoms with E-state index in [2.05, 4.69) is 5.32 Å². The molecule has 34 heavy (non-hydrogen) atoms. The average Bonchev–Trinajstić information content (AvgIpc) is 2.81. The third kappa shape index (κ3) is 6.98. The van der Waals surface area contributed by atoms with E-state index in [4.69, 9.17) is 16.3 Å². The van der Waals surface area contributed by atoms with Crippen LogP contribution >= 0.6 is 11.6 Å². The van der Waals surface area contributed by atoms with Gasteiger partial charge in [0.1, 0.15) is 5.75 Å². The fraction of sp³-hybridized carbons (Fsp3) is 0.269. The highest BCUT2D eigenvalue weighted by molar-refractivity contribution is 7.92. The second-order valence-corrected chi connectivity index (χ2v) is 10.7. The van der Waals surface area contributed by atoms with Crippen molar-refractivity contribution < 1.29 is 17.9 Å². The number of ether oxygens (including phenoxy) is 1. The van der Waals surface area contributed by atoms with E-state index in [1.165, 1.54) is 4.31 Å². The van der Waals surface area contributed by atoms with Gasteiger partial charge in [0.15, 0.2) is 6.61 Å². The summed E-state index contributed by atoms with van der Waals surface area (Å²) in [5.74, 6) is 0.622. The van der Waals surface area contributed by atoms with Gasteiger partial charge in [-0.05, 0) is 66.9 Å². The van der Waals surface area contributed by atoms with Crippen LogP contribution < -0.4 is 14.4 Å². The summed E-state index contributed by atoms with van der Waals surface area (Å²) in [6.07, 6.45) is 0. The maximum absolute atomic E-state index is 13.6. The van der Waals surface area contributed by atoms with Gasteiger partial charge in [0, 0.05) is 11.6 Å². The molecule has 0 aliphatic carbocycles. The van der Waals surface area contributed by atoms with E-state index in [9.17, 15) is 13.2 Å². The number of anilines is 1. The molecule has 0 bridgehead atoms. The Morgan fingerprint density at radius 2 is 1.59 bits per heavy atom. The molecule has 8 heteroatoms. The van der Waals surface area contributed by atoms with E-state index in [0.717, 1.165) is 11.1 Å². The van der Waals surface area contributed by atoms with Crippen molar-refractivity contribution in [2.24, 2.45) is 5.92 Å². The van der Waals surface area contributed by atoms with Gasteiger partial charge in [-0.1, -0.05) is 55.3 Å². The molecule has 0 atom stereocenters. The number of benzene rings is 3. The molecule has 0 aromatic heterocycles. The average molecular weight is 501 g/mol. The minimum Gasteiger partial charge on any atom is -0.484 e. The third-order valence-electron chi connectivity index (χ3n) is 5.05. The molecule has 1 N–H and O–H groups in total. The lowest BCUT2D eigenvalue weighted by molar-refractivity contribution is -0.123. The zero-order valence-corrected chi connectivity index (χ0v) is 21.1. The number of aryl methyl sites for hydroxylation is 1. The minimum atomic E-state index is -3.84. The number of carbonyl (C=O) groups is 1. The SMILES string of the molecule is Cc1ccc(S(=O)(=O)N(Cc2ccc(Cl)cc2)c2ccc(OCC(=O)NCC(C)C)cc2)cc1. The Morgan fingerprint density at radius 3 is 2.18 bits per heavy atom. The van der Waals surface area contributed by atoms with Crippen LogP contribution in [0.3, 0.4) is 0 Å². The van der Waals surface area contributed by atoms with E-state index in [0.29, 0.717) is 28.9 Å². The fourth-order valence-corrected chi connectivity index (χ4v) is 4.71. The maximum Gasteiger partial charge on any atom is 0.264 e. The summed E-state index contributed by atoms with van der Waals surface area (Å²) < 4.78 is 34.0. The van der Waals surface area contributed by atoms with Crippen LogP contribution in [-0.4, -0.2) is 27.5 Å². The molecule has 0 unspecified atom stereocenters. The lowest BCUT2D eigenvalue weighted by Gasteiger charge is -2.25. The lowest BCUT2D eigenvalue weighted by Crippen LogP contribution is -2.31. The molecule has 0 saturated heterocycles. The summed E-state index contributed by atoms with van der Waals surface area (Å²) in [5, 5.41) is 3.37. The van der Waals surface area contributed by atoms with E-state index in [1.54, 1.807) is 72.8 Å². The van der Waals surface area contributed by atoms with Crippen LogP contribution in [0.15, 0.2) is 77.7 Å². The number of nitrogens with zero attached hydrogens (tertiary/aromatic N) is 1. The molecule has 0 heterocycles. The zero-order valence-electron chi connectivity index (χ0n) is 19.5. The Bertz CT molecular complexity index is 1190. The van der Waals surface area contributed by atoms with Gasteiger partial charge in [-0.2, -0.15) is 0 Å². The van der Waals surface area contributed by atoms with Crippen LogP contribution in [0.1, 0.15) is 25.0 Å². The monoisotopic (exact) mass is 500 g/mol. The second kappa shape index (κ2) is 11.4. The molecule has 0 fully saturated rings. The molecule has 180 valence electrons. The molecule has 0 aliphatic heterocycles. The van der Waals surface area contributed by atoms with Crippen LogP contribution in [0.4, 0.5) is 5.69 Å². The van der Waals surface area contributed by atoms with Gasteiger partial charge in [0.2, 0.25) is 0 Å². The molecule has 3 aromatic rings. The van der Waals surface area contributed by atoms with E-state index < -0.39 is 10.0 Å². The van der Waals surface area contributed by atoms with E-state index in [1.807, 2.05) is 20.8 Å². The van der Waals surface area contributed by atoms with Gasteiger partial charge in [-0.15, -0.1) is 0 Å². The van der Waals surface area contributed by atoms with Crippen molar-refractivity contribution in [3.8, 4) is 5.75 Å².